The molecule has 0 aromatic carbocycles. The Kier molecular flexibility index (Phi) is 3.60. The molecule has 4 saturated carbocycles. The summed E-state index contributed by atoms with van der Waals surface area (Å²) in [5.41, 5.74) is 0.800. The quantitative estimate of drug-likeness (QED) is 0.514. The molecule has 96 valence electrons. The maximum atomic E-state index is 9.84. The standard InChI is InChI=1S/C11H18.C4H6O2/c1-11-5-8-2-9(6-11)4-10(3-8)7-11;1-3-4(5)6-2/h8-10H,2-7H2,1H3;3H,1H2,2H3. The first-order valence-electron chi connectivity index (χ1n) is 6.75. The summed E-state index contributed by atoms with van der Waals surface area (Å²) in [5.74, 6) is 3.04. The van der Waals surface area contributed by atoms with Gasteiger partial charge in [0.1, 0.15) is 0 Å². The fraction of sp³-hybridized carbons (Fsp3) is 0.800. The van der Waals surface area contributed by atoms with Crippen LogP contribution in [0.1, 0.15) is 45.4 Å². The molecule has 0 N–H and O–H groups in total. The van der Waals surface area contributed by atoms with Crippen LogP contribution in [0.3, 0.4) is 0 Å². The van der Waals surface area contributed by atoms with E-state index in [1.807, 2.05) is 0 Å². The van der Waals surface area contributed by atoms with Gasteiger partial charge in [-0.25, -0.2) is 4.79 Å². The molecule has 0 spiro atoms. The van der Waals surface area contributed by atoms with Crippen molar-refractivity contribution in [1.82, 2.24) is 0 Å². The Bertz CT molecular complexity index is 271. The molecule has 17 heavy (non-hydrogen) atoms. The van der Waals surface area contributed by atoms with Crippen molar-refractivity contribution < 1.29 is 9.53 Å². The van der Waals surface area contributed by atoms with Crippen LogP contribution >= 0.6 is 0 Å². The van der Waals surface area contributed by atoms with Gasteiger partial charge in [-0.2, -0.15) is 0 Å². The van der Waals surface area contributed by atoms with Crippen LogP contribution in [-0.2, 0) is 9.53 Å². The zero-order valence-electron chi connectivity index (χ0n) is 11.1. The second kappa shape index (κ2) is 4.83. The van der Waals surface area contributed by atoms with Crippen molar-refractivity contribution in [3.63, 3.8) is 0 Å². The molecular formula is C15H24O2. The van der Waals surface area contributed by atoms with E-state index in [9.17, 15) is 4.79 Å². The van der Waals surface area contributed by atoms with Crippen molar-refractivity contribution in [1.29, 1.82) is 0 Å². The van der Waals surface area contributed by atoms with E-state index in [4.69, 9.17) is 0 Å². The van der Waals surface area contributed by atoms with Gasteiger partial charge in [-0.3, -0.25) is 0 Å². The SMILES string of the molecule is C=CC(=O)OC.CC12CC3CC(CC(C3)C1)C2. The predicted molar refractivity (Wildman–Crippen MR) is 68.5 cm³/mol. The number of ether oxygens (including phenoxy) is 1. The summed E-state index contributed by atoms with van der Waals surface area (Å²) in [5, 5.41) is 0. The van der Waals surface area contributed by atoms with Crippen molar-refractivity contribution in [2.45, 2.75) is 45.4 Å². The summed E-state index contributed by atoms with van der Waals surface area (Å²) in [6.45, 7) is 5.70. The summed E-state index contributed by atoms with van der Waals surface area (Å²) >= 11 is 0. The number of carbonyl (C=O) groups excluding carboxylic acids is 1. The first kappa shape index (κ1) is 12.7. The van der Waals surface area contributed by atoms with Gasteiger partial charge >= 0.3 is 5.97 Å². The first-order valence-corrected chi connectivity index (χ1v) is 6.75. The van der Waals surface area contributed by atoms with Gasteiger partial charge in [-0.05, 0) is 61.7 Å². The Balaban J connectivity index is 0.000000157. The molecule has 0 aromatic heterocycles. The fourth-order valence-electron chi connectivity index (χ4n) is 4.63. The lowest BCUT2D eigenvalue weighted by Gasteiger charge is -2.55. The maximum absolute atomic E-state index is 9.84. The normalized spacial score (nSPS) is 41.4. The predicted octanol–water partition coefficient (Wildman–Crippen LogP) is 3.57. The van der Waals surface area contributed by atoms with Gasteiger partial charge in [0.15, 0.2) is 0 Å². The number of hydrogen-bond donors (Lipinski definition) is 0. The van der Waals surface area contributed by atoms with Crippen LogP contribution in [0.4, 0.5) is 0 Å². The molecular weight excluding hydrogens is 212 g/mol. The van der Waals surface area contributed by atoms with Gasteiger partial charge in [-0.15, -0.1) is 0 Å². The number of rotatable bonds is 1. The molecule has 0 heterocycles. The molecule has 2 heteroatoms. The molecule has 2 nitrogen and oxygen atoms in total. The third-order valence-electron chi connectivity index (χ3n) is 4.71. The molecule has 4 bridgehead atoms. The summed E-state index contributed by atoms with van der Waals surface area (Å²) in [6, 6.07) is 0. The lowest BCUT2D eigenvalue weighted by Crippen LogP contribution is -2.44. The molecule has 4 aliphatic carbocycles. The lowest BCUT2D eigenvalue weighted by molar-refractivity contribution is -0.134. The Morgan fingerprint density at radius 2 is 1.59 bits per heavy atom. The van der Waals surface area contributed by atoms with Gasteiger partial charge in [0.25, 0.3) is 0 Å². The van der Waals surface area contributed by atoms with Crippen LogP contribution in [0.25, 0.3) is 0 Å². The number of methoxy groups -OCH3 is 1. The number of esters is 1. The van der Waals surface area contributed by atoms with Crippen LogP contribution in [0.2, 0.25) is 0 Å². The third-order valence-corrected chi connectivity index (χ3v) is 4.71. The minimum atomic E-state index is -0.394. The zero-order valence-corrected chi connectivity index (χ0v) is 11.1. The zero-order chi connectivity index (χ0) is 12.5. The van der Waals surface area contributed by atoms with E-state index in [0.29, 0.717) is 0 Å². The number of carbonyl (C=O) groups is 1. The highest BCUT2D eigenvalue weighted by Gasteiger charge is 2.48. The van der Waals surface area contributed by atoms with Gasteiger partial charge in [0, 0.05) is 6.08 Å². The molecule has 0 saturated heterocycles. The van der Waals surface area contributed by atoms with E-state index in [-0.39, 0.29) is 0 Å². The number of hydrogen-bond acceptors (Lipinski definition) is 2. The molecule has 0 radical (unpaired) electrons. The average Bonchev–Trinajstić information content (AvgIpc) is 2.25. The Morgan fingerprint density at radius 1 is 1.18 bits per heavy atom. The van der Waals surface area contributed by atoms with Gasteiger partial charge in [-0.1, -0.05) is 13.5 Å². The molecule has 0 aromatic rings. The topological polar surface area (TPSA) is 26.3 Å². The van der Waals surface area contributed by atoms with Crippen LogP contribution in [0.5, 0.6) is 0 Å². The van der Waals surface area contributed by atoms with Crippen LogP contribution < -0.4 is 0 Å². The van der Waals surface area contributed by atoms with E-state index < -0.39 is 5.97 Å². The van der Waals surface area contributed by atoms with Gasteiger partial charge in [0.05, 0.1) is 7.11 Å². The Hall–Kier alpha value is -0.790. The minimum Gasteiger partial charge on any atom is -0.466 e. The molecule has 0 atom stereocenters. The van der Waals surface area contributed by atoms with Crippen molar-refractivity contribution in [2.24, 2.45) is 23.2 Å². The highest BCUT2D eigenvalue weighted by atomic mass is 16.5. The van der Waals surface area contributed by atoms with Crippen LogP contribution in [0, 0.1) is 23.2 Å². The summed E-state index contributed by atoms with van der Waals surface area (Å²) in [6.07, 6.45) is 10.6. The summed E-state index contributed by atoms with van der Waals surface area (Å²) < 4.78 is 4.14. The smallest absolute Gasteiger partial charge is 0.329 e. The monoisotopic (exact) mass is 236 g/mol. The highest BCUT2D eigenvalue weighted by Crippen LogP contribution is 2.59. The van der Waals surface area contributed by atoms with Crippen molar-refractivity contribution in [3.8, 4) is 0 Å². The van der Waals surface area contributed by atoms with Crippen molar-refractivity contribution in [3.05, 3.63) is 12.7 Å². The van der Waals surface area contributed by atoms with E-state index in [0.717, 1.165) is 29.2 Å². The molecule has 4 aliphatic rings. The van der Waals surface area contributed by atoms with E-state index >= 15 is 0 Å². The van der Waals surface area contributed by atoms with Crippen LogP contribution in [0.15, 0.2) is 12.7 Å². The molecule has 0 aliphatic heterocycles. The third kappa shape index (κ3) is 2.91. The Morgan fingerprint density at radius 3 is 1.76 bits per heavy atom. The molecule has 4 fully saturated rings. The minimum absolute atomic E-state index is 0.394. The van der Waals surface area contributed by atoms with E-state index in [2.05, 4.69) is 18.2 Å². The van der Waals surface area contributed by atoms with Gasteiger partial charge < -0.3 is 4.74 Å². The molecule has 4 rings (SSSR count). The summed E-state index contributed by atoms with van der Waals surface area (Å²) in [7, 11) is 1.31. The van der Waals surface area contributed by atoms with Crippen LogP contribution in [-0.4, -0.2) is 13.1 Å². The fourth-order valence-corrected chi connectivity index (χ4v) is 4.63. The second-order valence-corrected chi connectivity index (χ2v) is 6.46. The molecule has 0 unspecified atom stereocenters. The Labute approximate surface area is 104 Å². The van der Waals surface area contributed by atoms with Crippen molar-refractivity contribution >= 4 is 5.97 Å². The van der Waals surface area contributed by atoms with Crippen molar-refractivity contribution in [2.75, 3.05) is 7.11 Å². The summed E-state index contributed by atoms with van der Waals surface area (Å²) in [4.78, 5) is 9.84. The highest BCUT2D eigenvalue weighted by molar-refractivity contribution is 5.80. The first-order chi connectivity index (χ1) is 8.04. The maximum Gasteiger partial charge on any atom is 0.329 e. The average molecular weight is 236 g/mol. The van der Waals surface area contributed by atoms with Gasteiger partial charge in [0.2, 0.25) is 0 Å². The molecule has 0 amide bonds. The largest absolute Gasteiger partial charge is 0.466 e. The van der Waals surface area contributed by atoms with E-state index in [1.54, 1.807) is 38.5 Å². The second-order valence-electron chi connectivity index (χ2n) is 6.46. The lowest BCUT2D eigenvalue weighted by atomic mass is 9.50. The van der Waals surface area contributed by atoms with E-state index in [1.165, 1.54) is 7.11 Å².